The summed E-state index contributed by atoms with van der Waals surface area (Å²) in [7, 11) is 0. The molecule has 5 nitrogen and oxygen atoms in total. The Morgan fingerprint density at radius 3 is 3.00 bits per heavy atom. The molecule has 12 heavy (non-hydrogen) atoms. The Balaban J connectivity index is 2.38. The number of hydrogen-bond donors (Lipinski definition) is 1. The molecule has 0 radical (unpaired) electrons. The highest BCUT2D eigenvalue weighted by molar-refractivity contribution is 6.27. The molecule has 1 heterocycles. The van der Waals surface area contributed by atoms with Gasteiger partial charge in [-0.15, -0.1) is 11.6 Å². The number of hydrogen-bond acceptors (Lipinski definition) is 4. The molecule has 1 amide bonds. The van der Waals surface area contributed by atoms with Crippen molar-refractivity contribution in [2.24, 2.45) is 0 Å². The average Bonchev–Trinajstić information content (AvgIpc) is 2.47. The summed E-state index contributed by atoms with van der Waals surface area (Å²) in [5, 5.41) is 6.08. The molecule has 1 N–H and O–H groups in total. The van der Waals surface area contributed by atoms with Crippen molar-refractivity contribution in [2.45, 2.75) is 13.5 Å². The van der Waals surface area contributed by atoms with Crippen LogP contribution in [0.4, 0.5) is 0 Å². The van der Waals surface area contributed by atoms with E-state index >= 15 is 0 Å². The van der Waals surface area contributed by atoms with Gasteiger partial charge in [-0.1, -0.05) is 5.16 Å². The fourth-order valence-corrected chi connectivity index (χ4v) is 0.732. The van der Waals surface area contributed by atoms with Gasteiger partial charge in [0.2, 0.25) is 11.8 Å². The summed E-state index contributed by atoms with van der Waals surface area (Å²) in [5.41, 5.74) is 0. The van der Waals surface area contributed by atoms with Crippen molar-refractivity contribution in [1.82, 2.24) is 15.5 Å². The number of aryl methyl sites for hydroxylation is 1. The van der Waals surface area contributed by atoms with E-state index in [1.54, 1.807) is 6.92 Å². The zero-order valence-corrected chi connectivity index (χ0v) is 7.26. The highest BCUT2D eigenvalue weighted by atomic mass is 35.5. The van der Waals surface area contributed by atoms with Crippen molar-refractivity contribution >= 4 is 17.5 Å². The first-order chi connectivity index (χ1) is 5.72. The molecule has 1 aromatic heterocycles. The fourth-order valence-electron chi connectivity index (χ4n) is 0.638. The molecule has 0 aliphatic carbocycles. The Kier molecular flexibility index (Phi) is 3.04. The van der Waals surface area contributed by atoms with Gasteiger partial charge in [0.15, 0.2) is 5.82 Å². The third-order valence-corrected chi connectivity index (χ3v) is 1.38. The van der Waals surface area contributed by atoms with Crippen molar-refractivity contribution in [3.05, 3.63) is 11.7 Å². The van der Waals surface area contributed by atoms with Crippen LogP contribution in [0.15, 0.2) is 4.52 Å². The van der Waals surface area contributed by atoms with Crippen LogP contribution in [-0.2, 0) is 11.3 Å². The molecular weight excluding hydrogens is 182 g/mol. The lowest BCUT2D eigenvalue weighted by molar-refractivity contribution is -0.118. The van der Waals surface area contributed by atoms with Crippen LogP contribution in [0, 0.1) is 6.92 Å². The average molecular weight is 190 g/mol. The highest BCUT2D eigenvalue weighted by Gasteiger charge is 2.03. The number of nitrogens with one attached hydrogen (secondary N) is 1. The number of nitrogens with zero attached hydrogens (tertiary/aromatic N) is 2. The molecule has 0 aromatic carbocycles. The first kappa shape index (κ1) is 8.99. The minimum atomic E-state index is -0.251. The molecule has 6 heteroatoms. The summed E-state index contributed by atoms with van der Waals surface area (Å²) in [6.07, 6.45) is 0. The van der Waals surface area contributed by atoms with Gasteiger partial charge >= 0.3 is 0 Å². The minimum Gasteiger partial charge on any atom is -0.348 e. The van der Waals surface area contributed by atoms with Gasteiger partial charge in [-0.3, -0.25) is 4.79 Å². The first-order valence-electron chi connectivity index (χ1n) is 3.34. The summed E-state index contributed by atoms with van der Waals surface area (Å²) >= 11 is 5.25. The van der Waals surface area contributed by atoms with Gasteiger partial charge in [-0.25, -0.2) is 0 Å². The van der Waals surface area contributed by atoms with E-state index in [0.717, 1.165) is 0 Å². The van der Waals surface area contributed by atoms with Crippen LogP contribution in [0.5, 0.6) is 0 Å². The van der Waals surface area contributed by atoms with Crippen LogP contribution in [0.1, 0.15) is 11.7 Å². The number of carbonyl (C=O) groups is 1. The SMILES string of the molecule is Cc1nc(CNC(=O)CCl)no1. The van der Waals surface area contributed by atoms with Gasteiger partial charge in [0.25, 0.3) is 0 Å². The largest absolute Gasteiger partial charge is 0.348 e. The van der Waals surface area contributed by atoms with Gasteiger partial charge in [0.1, 0.15) is 5.88 Å². The third kappa shape index (κ3) is 2.50. The summed E-state index contributed by atoms with van der Waals surface area (Å²) in [6, 6.07) is 0. The molecular formula is C6H8ClN3O2. The van der Waals surface area contributed by atoms with E-state index in [9.17, 15) is 4.79 Å². The number of halogens is 1. The Morgan fingerprint density at radius 2 is 2.50 bits per heavy atom. The molecule has 0 fully saturated rings. The molecule has 0 saturated carbocycles. The maximum atomic E-state index is 10.7. The molecule has 0 aliphatic rings. The predicted octanol–water partition coefficient (Wildman–Crippen LogP) is 0.233. The Labute approximate surface area is 74.1 Å². The molecule has 1 rings (SSSR count). The van der Waals surface area contributed by atoms with Crippen LogP contribution in [-0.4, -0.2) is 21.9 Å². The number of aromatic nitrogens is 2. The minimum absolute atomic E-state index is 0.0587. The molecule has 0 saturated heterocycles. The molecule has 0 spiro atoms. The smallest absolute Gasteiger partial charge is 0.235 e. The quantitative estimate of drug-likeness (QED) is 0.692. The zero-order valence-electron chi connectivity index (χ0n) is 6.50. The summed E-state index contributed by atoms with van der Waals surface area (Å²) < 4.78 is 4.69. The van der Waals surface area contributed by atoms with Gasteiger partial charge in [-0.2, -0.15) is 4.98 Å². The lowest BCUT2D eigenvalue weighted by Gasteiger charge is -1.95. The van der Waals surface area contributed by atoms with Crippen LogP contribution in [0.25, 0.3) is 0 Å². The third-order valence-electron chi connectivity index (χ3n) is 1.13. The van der Waals surface area contributed by atoms with E-state index in [1.165, 1.54) is 0 Å². The molecule has 0 atom stereocenters. The van der Waals surface area contributed by atoms with Crippen LogP contribution >= 0.6 is 11.6 Å². The number of carbonyl (C=O) groups excluding carboxylic acids is 1. The maximum absolute atomic E-state index is 10.7. The van der Waals surface area contributed by atoms with Crippen molar-refractivity contribution < 1.29 is 9.32 Å². The molecule has 0 bridgehead atoms. The van der Waals surface area contributed by atoms with Gasteiger partial charge in [0.05, 0.1) is 6.54 Å². The number of rotatable bonds is 3. The first-order valence-corrected chi connectivity index (χ1v) is 3.87. The lowest BCUT2D eigenvalue weighted by atomic mass is 10.5. The van der Waals surface area contributed by atoms with Crippen molar-refractivity contribution in [2.75, 3.05) is 5.88 Å². The molecule has 66 valence electrons. The van der Waals surface area contributed by atoms with Crippen LogP contribution in [0.3, 0.4) is 0 Å². The van der Waals surface area contributed by atoms with E-state index in [2.05, 4.69) is 20.0 Å². The Morgan fingerprint density at radius 1 is 1.75 bits per heavy atom. The molecule has 0 unspecified atom stereocenters. The normalized spacial score (nSPS) is 9.83. The van der Waals surface area contributed by atoms with Crippen molar-refractivity contribution in [1.29, 1.82) is 0 Å². The topological polar surface area (TPSA) is 68.0 Å². The van der Waals surface area contributed by atoms with Crippen LogP contribution in [0.2, 0.25) is 0 Å². The second-order valence-electron chi connectivity index (χ2n) is 2.14. The number of alkyl halides is 1. The fraction of sp³-hybridized carbons (Fsp3) is 0.500. The highest BCUT2D eigenvalue weighted by Crippen LogP contribution is 1.93. The zero-order chi connectivity index (χ0) is 8.97. The lowest BCUT2D eigenvalue weighted by Crippen LogP contribution is -2.24. The van der Waals surface area contributed by atoms with Crippen molar-refractivity contribution in [3.63, 3.8) is 0 Å². The second-order valence-corrected chi connectivity index (χ2v) is 2.41. The van der Waals surface area contributed by atoms with E-state index in [0.29, 0.717) is 11.7 Å². The predicted molar refractivity (Wildman–Crippen MR) is 41.6 cm³/mol. The standard InChI is InChI=1S/C6H8ClN3O2/c1-4-9-5(10-12-4)3-8-6(11)2-7/h2-3H2,1H3,(H,8,11). The van der Waals surface area contributed by atoms with Gasteiger partial charge < -0.3 is 9.84 Å². The van der Waals surface area contributed by atoms with E-state index < -0.39 is 0 Å². The summed E-state index contributed by atoms with van der Waals surface area (Å²) in [5.74, 6) is 0.617. The van der Waals surface area contributed by atoms with Gasteiger partial charge in [-0.05, 0) is 0 Å². The van der Waals surface area contributed by atoms with E-state index in [-0.39, 0.29) is 18.3 Å². The molecule has 1 aromatic rings. The monoisotopic (exact) mass is 189 g/mol. The van der Waals surface area contributed by atoms with E-state index in [1.807, 2.05) is 0 Å². The second kappa shape index (κ2) is 4.06. The van der Waals surface area contributed by atoms with Gasteiger partial charge in [0, 0.05) is 6.92 Å². The van der Waals surface area contributed by atoms with Crippen molar-refractivity contribution in [3.8, 4) is 0 Å². The summed E-state index contributed by atoms with van der Waals surface area (Å²) in [4.78, 5) is 14.5. The van der Waals surface area contributed by atoms with Crippen LogP contribution < -0.4 is 5.32 Å². The Hall–Kier alpha value is -1.10. The number of amides is 1. The van der Waals surface area contributed by atoms with E-state index in [4.69, 9.17) is 11.6 Å². The summed E-state index contributed by atoms with van der Waals surface area (Å²) in [6.45, 7) is 1.93. The Bertz CT molecular complexity index is 274. The maximum Gasteiger partial charge on any atom is 0.235 e. The molecule has 0 aliphatic heterocycles.